The summed E-state index contributed by atoms with van der Waals surface area (Å²) in [6.45, 7) is 5.97. The van der Waals surface area contributed by atoms with E-state index in [0.29, 0.717) is 18.8 Å². The number of aliphatic imine (C=N–C) groups is 1. The van der Waals surface area contributed by atoms with Crippen molar-refractivity contribution in [2.45, 2.75) is 25.2 Å². The Morgan fingerprint density at radius 1 is 1.14 bits per heavy atom. The number of halogens is 1. The molecule has 8 heteroatoms. The third-order valence-corrected chi connectivity index (χ3v) is 4.55. The number of amides is 1. The fraction of sp³-hybridized carbons (Fsp3) is 0.350. The number of thioether (sulfide) groups is 1. The summed E-state index contributed by atoms with van der Waals surface area (Å²) in [5, 5.41) is 9.27. The van der Waals surface area contributed by atoms with Gasteiger partial charge in [0.1, 0.15) is 5.82 Å². The van der Waals surface area contributed by atoms with Gasteiger partial charge in [0.15, 0.2) is 5.96 Å². The second kappa shape index (κ2) is 14.2. The molecule has 0 aliphatic rings. The fourth-order valence-corrected chi connectivity index (χ4v) is 3.00. The van der Waals surface area contributed by atoms with Crippen LogP contribution < -0.4 is 16.0 Å². The highest BCUT2D eigenvalue weighted by atomic mass is 127. The van der Waals surface area contributed by atoms with Gasteiger partial charge < -0.3 is 16.0 Å². The molecule has 3 N–H and O–H groups in total. The van der Waals surface area contributed by atoms with Crippen LogP contribution in [0, 0.1) is 6.92 Å². The minimum Gasteiger partial charge on any atom is -0.357 e. The number of aryl methyl sites for hydroxylation is 1. The van der Waals surface area contributed by atoms with Crippen LogP contribution in [-0.2, 0) is 4.79 Å². The summed E-state index contributed by atoms with van der Waals surface area (Å²) < 4.78 is 0. The number of nitrogens with zero attached hydrogens (tertiary/aromatic N) is 2. The van der Waals surface area contributed by atoms with E-state index in [1.807, 2.05) is 38.1 Å². The predicted octanol–water partition coefficient (Wildman–Crippen LogP) is 3.68. The van der Waals surface area contributed by atoms with Gasteiger partial charge in [0.25, 0.3) is 0 Å². The number of guanidine groups is 1. The first-order chi connectivity index (χ1) is 13.2. The first kappa shape index (κ1) is 24.2. The smallest absolute Gasteiger partial charge is 0.227 e. The minimum absolute atomic E-state index is 0. The van der Waals surface area contributed by atoms with Crippen molar-refractivity contribution in [1.29, 1.82) is 0 Å². The lowest BCUT2D eigenvalue weighted by Crippen LogP contribution is -2.38. The molecule has 0 saturated heterocycles. The average molecular weight is 513 g/mol. The van der Waals surface area contributed by atoms with E-state index in [1.165, 1.54) is 4.90 Å². The van der Waals surface area contributed by atoms with Crippen molar-refractivity contribution in [2.75, 3.05) is 30.7 Å². The molecule has 6 nitrogen and oxygen atoms in total. The molecule has 0 atom stereocenters. The highest BCUT2D eigenvalue weighted by Crippen LogP contribution is 2.15. The van der Waals surface area contributed by atoms with Crippen LogP contribution in [0.25, 0.3) is 0 Å². The topological polar surface area (TPSA) is 78.4 Å². The minimum atomic E-state index is -0.0921. The zero-order chi connectivity index (χ0) is 19.3. The zero-order valence-electron chi connectivity index (χ0n) is 16.3. The largest absolute Gasteiger partial charge is 0.357 e. The number of anilines is 1. The number of pyridine rings is 1. The van der Waals surface area contributed by atoms with Gasteiger partial charge in [0.2, 0.25) is 5.91 Å². The molecule has 0 fully saturated rings. The van der Waals surface area contributed by atoms with Crippen molar-refractivity contribution in [3.63, 3.8) is 0 Å². The van der Waals surface area contributed by atoms with Crippen LogP contribution in [0.4, 0.5) is 5.82 Å². The fourth-order valence-electron chi connectivity index (χ4n) is 2.21. The summed E-state index contributed by atoms with van der Waals surface area (Å²) in [4.78, 5) is 21.9. The van der Waals surface area contributed by atoms with Crippen molar-refractivity contribution in [3.05, 3.63) is 54.2 Å². The number of carbonyl (C=O) groups excluding carboxylic acids is 1. The van der Waals surface area contributed by atoms with Gasteiger partial charge in [-0.1, -0.05) is 24.3 Å². The van der Waals surface area contributed by atoms with Crippen molar-refractivity contribution in [1.82, 2.24) is 15.6 Å². The van der Waals surface area contributed by atoms with Gasteiger partial charge in [0.05, 0.1) is 6.54 Å². The molecule has 2 rings (SSSR count). The Labute approximate surface area is 188 Å². The van der Waals surface area contributed by atoms with Crippen molar-refractivity contribution in [2.24, 2.45) is 4.99 Å². The van der Waals surface area contributed by atoms with Gasteiger partial charge in [-0.25, -0.2) is 4.98 Å². The van der Waals surface area contributed by atoms with Crippen molar-refractivity contribution < 1.29 is 4.79 Å². The van der Waals surface area contributed by atoms with Gasteiger partial charge in [-0.05, 0) is 37.6 Å². The summed E-state index contributed by atoms with van der Waals surface area (Å²) in [6.07, 6.45) is 2.04. The summed E-state index contributed by atoms with van der Waals surface area (Å²) in [6, 6.07) is 14.0. The first-order valence-electron chi connectivity index (χ1n) is 9.10. The number of rotatable bonds is 9. The normalized spacial score (nSPS) is 10.7. The number of hydrogen-bond donors (Lipinski definition) is 3. The molecular weight excluding hydrogens is 485 g/mol. The van der Waals surface area contributed by atoms with E-state index in [2.05, 4.69) is 38.1 Å². The molecule has 2 aromatic rings. The Bertz CT molecular complexity index is 725. The lowest BCUT2D eigenvalue weighted by atomic mass is 10.3. The third-order valence-electron chi connectivity index (χ3n) is 3.54. The monoisotopic (exact) mass is 513 g/mol. The Morgan fingerprint density at radius 2 is 1.93 bits per heavy atom. The number of nitrogens with one attached hydrogen (secondary N) is 3. The van der Waals surface area contributed by atoms with Crippen LogP contribution in [0.2, 0.25) is 0 Å². The molecular formula is C20H28IN5OS. The first-order valence-corrected chi connectivity index (χ1v) is 10.1. The van der Waals surface area contributed by atoms with E-state index < -0.39 is 0 Å². The van der Waals surface area contributed by atoms with Gasteiger partial charge in [-0.15, -0.1) is 35.7 Å². The second-order valence-electron chi connectivity index (χ2n) is 5.87. The number of hydrogen-bond acceptors (Lipinski definition) is 4. The molecule has 152 valence electrons. The summed E-state index contributed by atoms with van der Waals surface area (Å²) in [7, 11) is 0. The van der Waals surface area contributed by atoms with E-state index in [0.717, 1.165) is 30.4 Å². The highest BCUT2D eigenvalue weighted by Gasteiger charge is 2.03. The molecule has 0 unspecified atom stereocenters. The van der Waals surface area contributed by atoms with E-state index in [4.69, 9.17) is 0 Å². The summed E-state index contributed by atoms with van der Waals surface area (Å²) in [5.41, 5.74) is 1.06. The highest BCUT2D eigenvalue weighted by molar-refractivity contribution is 14.0. The van der Waals surface area contributed by atoms with Crippen LogP contribution in [0.1, 0.15) is 18.9 Å². The summed E-state index contributed by atoms with van der Waals surface area (Å²) >= 11 is 1.80. The molecule has 1 amide bonds. The molecule has 1 aromatic heterocycles. The molecule has 28 heavy (non-hydrogen) atoms. The third kappa shape index (κ3) is 9.93. The average Bonchev–Trinajstić information content (AvgIpc) is 2.68. The number of aromatic nitrogens is 1. The van der Waals surface area contributed by atoms with Gasteiger partial charge >= 0.3 is 0 Å². The maximum Gasteiger partial charge on any atom is 0.227 e. The lowest BCUT2D eigenvalue weighted by Gasteiger charge is -2.11. The molecule has 0 aliphatic heterocycles. The summed E-state index contributed by atoms with van der Waals surface area (Å²) in [5.74, 6) is 2.14. The van der Waals surface area contributed by atoms with Crippen LogP contribution in [-0.4, -0.2) is 42.2 Å². The van der Waals surface area contributed by atoms with Crippen LogP contribution in [0.5, 0.6) is 0 Å². The maximum atomic E-state index is 12.0. The van der Waals surface area contributed by atoms with E-state index >= 15 is 0 Å². The Morgan fingerprint density at radius 3 is 2.61 bits per heavy atom. The van der Waals surface area contributed by atoms with Crippen molar-refractivity contribution in [3.8, 4) is 0 Å². The molecule has 0 spiro atoms. The Kier molecular flexibility index (Phi) is 12.3. The van der Waals surface area contributed by atoms with Crippen LogP contribution in [0.3, 0.4) is 0 Å². The molecule has 1 heterocycles. The molecule has 0 radical (unpaired) electrons. The molecule has 0 aliphatic carbocycles. The Hall–Kier alpha value is -1.81. The van der Waals surface area contributed by atoms with Crippen molar-refractivity contribution >= 4 is 53.4 Å². The lowest BCUT2D eigenvalue weighted by molar-refractivity contribution is -0.116. The molecule has 0 bridgehead atoms. The van der Waals surface area contributed by atoms with Gasteiger partial charge in [-0.3, -0.25) is 9.79 Å². The molecule has 1 aromatic carbocycles. The maximum absolute atomic E-state index is 12.0. The predicted molar refractivity (Wildman–Crippen MR) is 129 cm³/mol. The van der Waals surface area contributed by atoms with Gasteiger partial charge in [0, 0.05) is 36.4 Å². The Balaban J connectivity index is 0.00000392. The van der Waals surface area contributed by atoms with Crippen LogP contribution in [0.15, 0.2) is 58.5 Å². The van der Waals surface area contributed by atoms with E-state index in [1.54, 1.807) is 24.0 Å². The zero-order valence-corrected chi connectivity index (χ0v) is 19.4. The quantitative estimate of drug-likeness (QED) is 0.157. The second-order valence-corrected chi connectivity index (χ2v) is 7.04. The molecule has 0 saturated carbocycles. The standard InChI is InChI=1S/C20H27N5OS.HI/c1-3-21-20(23-13-14-27-17-7-5-4-6-8-17)22-12-11-19(26)25-18-10-9-16(2)15-24-18;/h4-10,15H,3,11-14H2,1-2H3,(H2,21,22,23)(H,24,25,26);1H. The van der Waals surface area contributed by atoms with E-state index in [-0.39, 0.29) is 29.9 Å². The number of carbonyl (C=O) groups is 1. The van der Waals surface area contributed by atoms with E-state index in [9.17, 15) is 4.79 Å². The van der Waals surface area contributed by atoms with Crippen LogP contribution >= 0.6 is 35.7 Å². The van der Waals surface area contributed by atoms with Gasteiger partial charge in [-0.2, -0.15) is 0 Å². The SMILES string of the molecule is CCNC(=NCCC(=O)Nc1ccc(C)cn1)NCCSc1ccccc1.I. The number of benzene rings is 1.